The van der Waals surface area contributed by atoms with Gasteiger partial charge in [0.05, 0.1) is 5.56 Å². The van der Waals surface area contributed by atoms with Crippen LogP contribution in [-0.4, -0.2) is 5.97 Å². The van der Waals surface area contributed by atoms with Crippen molar-refractivity contribution in [3.63, 3.8) is 0 Å². The highest BCUT2D eigenvalue weighted by Gasteiger charge is 2.28. The number of hydrogen-bond acceptors (Lipinski definition) is 2. The number of hydrogen-bond donors (Lipinski definition) is 0. The van der Waals surface area contributed by atoms with E-state index in [0.717, 1.165) is 6.42 Å². The number of esters is 1. The van der Waals surface area contributed by atoms with Crippen LogP contribution >= 0.6 is 0 Å². The second-order valence-corrected chi connectivity index (χ2v) is 9.25. The zero-order chi connectivity index (χ0) is 21.2. The van der Waals surface area contributed by atoms with Crippen LogP contribution in [0.15, 0.2) is 48.5 Å². The molecule has 0 radical (unpaired) electrons. The molecule has 0 unspecified atom stereocenters. The molecule has 0 saturated heterocycles. The van der Waals surface area contributed by atoms with E-state index >= 15 is 0 Å². The summed E-state index contributed by atoms with van der Waals surface area (Å²) in [7, 11) is 0. The highest BCUT2D eigenvalue weighted by Crippen LogP contribution is 2.39. The average Bonchev–Trinajstić information content (AvgIpc) is 2.77. The molecule has 0 aromatic heterocycles. The second kappa shape index (κ2) is 11.3. The summed E-state index contributed by atoms with van der Waals surface area (Å²) < 4.78 is 5.61. The molecule has 2 aromatic rings. The van der Waals surface area contributed by atoms with E-state index < -0.39 is 0 Å². The Labute approximate surface area is 183 Å². The zero-order valence-electron chi connectivity index (χ0n) is 18.9. The molecule has 1 saturated carbocycles. The number of aryl methyl sites for hydroxylation is 1. The summed E-state index contributed by atoms with van der Waals surface area (Å²) in [4.78, 5) is 12.5. The summed E-state index contributed by atoms with van der Waals surface area (Å²) in [6.45, 7) is 4.61. The summed E-state index contributed by atoms with van der Waals surface area (Å²) in [6.07, 6.45) is 15.4. The van der Waals surface area contributed by atoms with E-state index in [4.69, 9.17) is 4.74 Å². The van der Waals surface area contributed by atoms with Gasteiger partial charge in [-0.1, -0.05) is 89.5 Å². The lowest BCUT2D eigenvalue weighted by Gasteiger charge is -2.34. The van der Waals surface area contributed by atoms with Crippen LogP contribution in [0.2, 0.25) is 0 Å². The highest BCUT2D eigenvalue weighted by atomic mass is 16.5. The third-order valence-electron chi connectivity index (χ3n) is 6.73. The zero-order valence-corrected chi connectivity index (χ0v) is 18.9. The van der Waals surface area contributed by atoms with Gasteiger partial charge in [-0.05, 0) is 66.5 Å². The van der Waals surface area contributed by atoms with Crippen LogP contribution in [-0.2, 0) is 11.8 Å². The van der Waals surface area contributed by atoms with Crippen molar-refractivity contribution in [1.82, 2.24) is 0 Å². The van der Waals surface area contributed by atoms with Crippen molar-refractivity contribution in [2.75, 3.05) is 0 Å². The second-order valence-electron chi connectivity index (χ2n) is 9.25. The molecule has 1 fully saturated rings. The molecule has 0 spiro atoms. The summed E-state index contributed by atoms with van der Waals surface area (Å²) >= 11 is 0. The molecular weight excluding hydrogens is 368 g/mol. The summed E-state index contributed by atoms with van der Waals surface area (Å²) in [6, 6.07) is 16.1. The van der Waals surface area contributed by atoms with Crippen molar-refractivity contribution in [3.8, 4) is 5.75 Å². The van der Waals surface area contributed by atoms with Crippen molar-refractivity contribution in [1.29, 1.82) is 0 Å². The molecule has 0 N–H and O–H groups in total. The predicted molar refractivity (Wildman–Crippen MR) is 125 cm³/mol. The SMILES string of the molecule is CCCCCCCCc1ccc(C(=O)Oc2ccc(C3(C)CCCCC3)cc2)cc1. The van der Waals surface area contributed by atoms with Gasteiger partial charge in [0.2, 0.25) is 0 Å². The van der Waals surface area contributed by atoms with Gasteiger partial charge in [-0.2, -0.15) is 0 Å². The normalized spacial score (nSPS) is 15.7. The van der Waals surface area contributed by atoms with Gasteiger partial charge < -0.3 is 4.74 Å². The van der Waals surface area contributed by atoms with Crippen LogP contribution in [0.3, 0.4) is 0 Å². The molecule has 0 amide bonds. The molecule has 162 valence electrons. The molecule has 2 heteroatoms. The lowest BCUT2D eigenvalue weighted by atomic mass is 9.71. The molecule has 3 rings (SSSR count). The van der Waals surface area contributed by atoms with E-state index in [1.807, 2.05) is 24.3 Å². The van der Waals surface area contributed by atoms with Gasteiger partial charge in [0, 0.05) is 0 Å². The van der Waals surface area contributed by atoms with E-state index in [1.54, 1.807) is 0 Å². The smallest absolute Gasteiger partial charge is 0.343 e. The van der Waals surface area contributed by atoms with Crippen LogP contribution in [0.5, 0.6) is 5.75 Å². The number of carbonyl (C=O) groups is 1. The Bertz CT molecular complexity index is 767. The lowest BCUT2D eigenvalue weighted by molar-refractivity contribution is 0.0734. The minimum Gasteiger partial charge on any atom is -0.423 e. The first kappa shape index (κ1) is 22.6. The number of benzene rings is 2. The predicted octanol–water partition coefficient (Wildman–Crippen LogP) is 8.03. The van der Waals surface area contributed by atoms with E-state index in [0.29, 0.717) is 11.3 Å². The highest BCUT2D eigenvalue weighted by molar-refractivity contribution is 5.91. The van der Waals surface area contributed by atoms with Crippen LogP contribution in [0.1, 0.15) is 106 Å². The first-order chi connectivity index (χ1) is 14.6. The van der Waals surface area contributed by atoms with E-state index in [2.05, 4.69) is 38.1 Å². The van der Waals surface area contributed by atoms with Crippen LogP contribution < -0.4 is 4.74 Å². The van der Waals surface area contributed by atoms with Crippen LogP contribution in [0, 0.1) is 0 Å². The van der Waals surface area contributed by atoms with Gasteiger partial charge in [0.1, 0.15) is 5.75 Å². The minimum absolute atomic E-state index is 0.270. The largest absolute Gasteiger partial charge is 0.423 e. The van der Waals surface area contributed by atoms with Gasteiger partial charge in [0.15, 0.2) is 0 Å². The molecule has 1 aliphatic carbocycles. The van der Waals surface area contributed by atoms with Crippen molar-refractivity contribution in [2.45, 2.75) is 96.3 Å². The van der Waals surface area contributed by atoms with E-state index in [1.165, 1.54) is 81.8 Å². The molecule has 2 aromatic carbocycles. The Kier molecular flexibility index (Phi) is 8.54. The third kappa shape index (κ3) is 6.45. The van der Waals surface area contributed by atoms with Crippen molar-refractivity contribution in [2.24, 2.45) is 0 Å². The average molecular weight is 407 g/mol. The first-order valence-electron chi connectivity index (χ1n) is 12.0. The molecule has 30 heavy (non-hydrogen) atoms. The Morgan fingerprint density at radius 3 is 2.13 bits per heavy atom. The standard InChI is InChI=1S/C28H38O2/c1-3-4-5-6-7-9-12-23-13-15-24(16-14-23)27(29)30-26-19-17-25(18-20-26)28(2)21-10-8-11-22-28/h13-20H,3-12,21-22H2,1-2H3. The van der Waals surface area contributed by atoms with Crippen LogP contribution in [0.25, 0.3) is 0 Å². The summed E-state index contributed by atoms with van der Waals surface area (Å²) in [5.41, 5.74) is 3.55. The molecule has 0 atom stereocenters. The minimum atomic E-state index is -0.280. The van der Waals surface area contributed by atoms with E-state index in [9.17, 15) is 4.79 Å². The Hall–Kier alpha value is -2.09. The maximum Gasteiger partial charge on any atom is 0.343 e. The fourth-order valence-corrected chi connectivity index (χ4v) is 4.63. The molecule has 0 bridgehead atoms. The monoisotopic (exact) mass is 406 g/mol. The summed E-state index contributed by atoms with van der Waals surface area (Å²) in [5.74, 6) is 0.344. The van der Waals surface area contributed by atoms with E-state index in [-0.39, 0.29) is 11.4 Å². The van der Waals surface area contributed by atoms with Crippen LogP contribution in [0.4, 0.5) is 0 Å². The quantitative estimate of drug-likeness (QED) is 0.227. The molecule has 2 nitrogen and oxygen atoms in total. The Morgan fingerprint density at radius 2 is 1.47 bits per heavy atom. The van der Waals surface area contributed by atoms with Crippen molar-refractivity contribution in [3.05, 3.63) is 65.2 Å². The van der Waals surface area contributed by atoms with Gasteiger partial charge in [-0.15, -0.1) is 0 Å². The summed E-state index contributed by atoms with van der Waals surface area (Å²) in [5, 5.41) is 0. The molecule has 0 heterocycles. The number of rotatable bonds is 10. The molecular formula is C28H38O2. The maximum absolute atomic E-state index is 12.5. The Balaban J connectivity index is 1.48. The number of carbonyl (C=O) groups excluding carboxylic acids is 1. The topological polar surface area (TPSA) is 26.3 Å². The van der Waals surface area contributed by atoms with Crippen molar-refractivity contribution >= 4 is 5.97 Å². The van der Waals surface area contributed by atoms with Gasteiger partial charge >= 0.3 is 5.97 Å². The van der Waals surface area contributed by atoms with Gasteiger partial charge in [-0.3, -0.25) is 0 Å². The van der Waals surface area contributed by atoms with Gasteiger partial charge in [0.25, 0.3) is 0 Å². The van der Waals surface area contributed by atoms with Crippen molar-refractivity contribution < 1.29 is 9.53 Å². The molecule has 1 aliphatic rings. The first-order valence-corrected chi connectivity index (χ1v) is 12.0. The third-order valence-corrected chi connectivity index (χ3v) is 6.73. The fraction of sp³-hybridized carbons (Fsp3) is 0.536. The number of unbranched alkanes of at least 4 members (excludes halogenated alkanes) is 5. The molecule has 0 aliphatic heterocycles. The maximum atomic E-state index is 12.5. The Morgan fingerprint density at radius 1 is 0.833 bits per heavy atom. The number of ether oxygens (including phenoxy) is 1. The lowest BCUT2D eigenvalue weighted by Crippen LogP contribution is -2.24. The fourth-order valence-electron chi connectivity index (χ4n) is 4.63. The van der Waals surface area contributed by atoms with Gasteiger partial charge in [-0.25, -0.2) is 4.79 Å².